The third-order valence-electron chi connectivity index (χ3n) is 3.46. The van der Waals surface area contributed by atoms with E-state index < -0.39 is 0 Å². The number of halogens is 1. The minimum atomic E-state index is 0. The molecule has 0 aliphatic rings. The van der Waals surface area contributed by atoms with Gasteiger partial charge in [0.2, 0.25) is 0 Å². The fraction of sp³-hybridized carbons (Fsp3) is 0.444. The van der Waals surface area contributed by atoms with Crippen LogP contribution in [-0.2, 0) is 13.1 Å². The van der Waals surface area contributed by atoms with E-state index in [1.165, 1.54) is 22.4 Å². The molecular formula is C18H27IN4S. The maximum atomic E-state index is 4.70. The number of aromatic nitrogens is 1. The van der Waals surface area contributed by atoms with E-state index >= 15 is 0 Å². The highest BCUT2D eigenvalue weighted by molar-refractivity contribution is 14.0. The van der Waals surface area contributed by atoms with E-state index in [-0.39, 0.29) is 24.0 Å². The van der Waals surface area contributed by atoms with Gasteiger partial charge in [-0.05, 0) is 25.8 Å². The van der Waals surface area contributed by atoms with Gasteiger partial charge in [0.15, 0.2) is 5.96 Å². The normalized spacial score (nSPS) is 11.0. The van der Waals surface area contributed by atoms with Gasteiger partial charge in [0.05, 0.1) is 18.1 Å². The summed E-state index contributed by atoms with van der Waals surface area (Å²) in [6.07, 6.45) is 4.24. The lowest BCUT2D eigenvalue weighted by Gasteiger charge is -2.11. The van der Waals surface area contributed by atoms with E-state index in [4.69, 9.17) is 4.99 Å². The van der Waals surface area contributed by atoms with Crippen molar-refractivity contribution in [3.8, 4) is 0 Å². The molecule has 2 rings (SSSR count). The zero-order valence-electron chi connectivity index (χ0n) is 14.6. The summed E-state index contributed by atoms with van der Waals surface area (Å²) < 4.78 is 0. The highest BCUT2D eigenvalue weighted by Crippen LogP contribution is 2.10. The summed E-state index contributed by atoms with van der Waals surface area (Å²) in [4.78, 5) is 10.2. The number of thiazole rings is 1. The average molecular weight is 458 g/mol. The van der Waals surface area contributed by atoms with Crippen molar-refractivity contribution in [3.05, 3.63) is 51.5 Å². The van der Waals surface area contributed by atoms with Gasteiger partial charge in [0.25, 0.3) is 0 Å². The molecule has 0 saturated heterocycles. The van der Waals surface area contributed by atoms with E-state index in [2.05, 4.69) is 53.7 Å². The number of aryl methyl sites for hydroxylation is 2. The molecule has 132 valence electrons. The Hall–Kier alpha value is -1.15. The monoisotopic (exact) mass is 458 g/mol. The summed E-state index contributed by atoms with van der Waals surface area (Å²) in [7, 11) is 0. The summed E-state index contributed by atoms with van der Waals surface area (Å²) in [5.41, 5.74) is 2.50. The molecule has 0 fully saturated rings. The highest BCUT2D eigenvalue weighted by atomic mass is 127. The zero-order chi connectivity index (χ0) is 16.5. The average Bonchev–Trinajstić information content (AvgIpc) is 2.96. The van der Waals surface area contributed by atoms with Crippen molar-refractivity contribution >= 4 is 41.3 Å². The largest absolute Gasteiger partial charge is 0.356 e. The van der Waals surface area contributed by atoms with Gasteiger partial charge in [-0.2, -0.15) is 0 Å². The number of rotatable bonds is 7. The molecule has 0 bridgehead atoms. The van der Waals surface area contributed by atoms with Gasteiger partial charge in [-0.1, -0.05) is 43.2 Å². The van der Waals surface area contributed by atoms with Gasteiger partial charge >= 0.3 is 0 Å². The lowest BCUT2D eigenvalue weighted by molar-refractivity contribution is 0.726. The maximum Gasteiger partial charge on any atom is 0.191 e. The fourth-order valence-electron chi connectivity index (χ4n) is 2.08. The van der Waals surface area contributed by atoms with Crippen LogP contribution in [0.15, 0.2) is 35.5 Å². The third-order valence-corrected chi connectivity index (χ3v) is 4.38. The number of nitrogens with zero attached hydrogens (tertiary/aromatic N) is 2. The third kappa shape index (κ3) is 7.61. The standard InChI is InChI=1S/C18H26N4S.HI/c1-4-5-10-19-18(22-13-17-12-20-15(3)23-17)21-11-16-8-6-14(2)7-9-16;/h6-9,12H,4-5,10-11,13H2,1-3H3,(H2,19,21,22);1H. The molecule has 1 heterocycles. The van der Waals surface area contributed by atoms with Gasteiger partial charge in [0, 0.05) is 17.6 Å². The Morgan fingerprint density at radius 1 is 1.17 bits per heavy atom. The number of benzene rings is 1. The van der Waals surface area contributed by atoms with Crippen molar-refractivity contribution in [1.29, 1.82) is 0 Å². The molecular weight excluding hydrogens is 431 g/mol. The Balaban J connectivity index is 0.00000288. The van der Waals surface area contributed by atoms with Crippen LogP contribution in [0.4, 0.5) is 0 Å². The molecule has 0 saturated carbocycles. The molecule has 0 spiro atoms. The molecule has 0 aliphatic carbocycles. The van der Waals surface area contributed by atoms with Crippen LogP contribution < -0.4 is 10.6 Å². The number of nitrogens with one attached hydrogen (secondary N) is 2. The predicted molar refractivity (Wildman–Crippen MR) is 114 cm³/mol. The molecule has 0 amide bonds. The van der Waals surface area contributed by atoms with Crippen LogP contribution >= 0.6 is 35.3 Å². The second-order valence-corrected chi connectivity index (χ2v) is 6.95. The maximum absolute atomic E-state index is 4.70. The van der Waals surface area contributed by atoms with E-state index in [0.717, 1.165) is 30.5 Å². The van der Waals surface area contributed by atoms with Crippen LogP contribution in [0.3, 0.4) is 0 Å². The molecule has 24 heavy (non-hydrogen) atoms. The molecule has 2 N–H and O–H groups in total. The summed E-state index contributed by atoms with van der Waals surface area (Å²) >= 11 is 1.72. The minimum Gasteiger partial charge on any atom is -0.356 e. The molecule has 6 heteroatoms. The number of unbranched alkanes of at least 4 members (excludes halogenated alkanes) is 1. The van der Waals surface area contributed by atoms with Crippen LogP contribution in [0.25, 0.3) is 0 Å². The summed E-state index contributed by atoms with van der Waals surface area (Å²) in [5.74, 6) is 0.866. The Morgan fingerprint density at radius 3 is 2.54 bits per heavy atom. The SMILES string of the molecule is CCCCNC(=NCc1ccc(C)cc1)NCc1cnc(C)s1.I. The van der Waals surface area contributed by atoms with Gasteiger partial charge in [-0.15, -0.1) is 35.3 Å². The molecule has 0 radical (unpaired) electrons. The van der Waals surface area contributed by atoms with Crippen LogP contribution in [0.5, 0.6) is 0 Å². The van der Waals surface area contributed by atoms with Crippen molar-refractivity contribution in [1.82, 2.24) is 15.6 Å². The molecule has 0 aliphatic heterocycles. The number of aliphatic imine (C=N–C) groups is 1. The molecule has 2 aromatic rings. The number of hydrogen-bond acceptors (Lipinski definition) is 3. The van der Waals surface area contributed by atoms with Crippen molar-refractivity contribution in [2.45, 2.75) is 46.7 Å². The van der Waals surface area contributed by atoms with E-state index in [1.54, 1.807) is 11.3 Å². The topological polar surface area (TPSA) is 49.3 Å². The number of hydrogen-bond donors (Lipinski definition) is 2. The zero-order valence-corrected chi connectivity index (χ0v) is 17.8. The highest BCUT2D eigenvalue weighted by Gasteiger charge is 2.02. The quantitative estimate of drug-likeness (QED) is 0.280. The molecule has 0 atom stereocenters. The minimum absolute atomic E-state index is 0. The fourth-order valence-corrected chi connectivity index (χ4v) is 2.81. The van der Waals surface area contributed by atoms with Gasteiger partial charge in [-0.25, -0.2) is 9.98 Å². The molecule has 1 aromatic heterocycles. The Bertz CT molecular complexity index is 622. The Morgan fingerprint density at radius 2 is 1.92 bits per heavy atom. The van der Waals surface area contributed by atoms with Crippen LogP contribution in [0.1, 0.15) is 40.8 Å². The van der Waals surface area contributed by atoms with Gasteiger partial charge in [-0.3, -0.25) is 0 Å². The Labute approximate surface area is 166 Å². The first-order valence-corrected chi connectivity index (χ1v) is 8.98. The van der Waals surface area contributed by atoms with E-state index in [0.29, 0.717) is 6.54 Å². The lowest BCUT2D eigenvalue weighted by atomic mass is 10.1. The summed E-state index contributed by atoms with van der Waals surface area (Å²) in [6.45, 7) is 8.71. The summed E-state index contributed by atoms with van der Waals surface area (Å²) in [6, 6.07) is 8.52. The van der Waals surface area contributed by atoms with Crippen LogP contribution in [0, 0.1) is 13.8 Å². The van der Waals surface area contributed by atoms with Crippen molar-refractivity contribution < 1.29 is 0 Å². The van der Waals surface area contributed by atoms with Crippen molar-refractivity contribution in [3.63, 3.8) is 0 Å². The van der Waals surface area contributed by atoms with Crippen molar-refractivity contribution in [2.75, 3.05) is 6.54 Å². The Kier molecular flexibility index (Phi) is 9.94. The molecule has 1 aromatic carbocycles. The number of guanidine groups is 1. The van der Waals surface area contributed by atoms with E-state index in [9.17, 15) is 0 Å². The first-order chi connectivity index (χ1) is 11.2. The summed E-state index contributed by atoms with van der Waals surface area (Å²) in [5, 5.41) is 7.90. The molecule has 4 nitrogen and oxygen atoms in total. The van der Waals surface area contributed by atoms with Crippen molar-refractivity contribution in [2.24, 2.45) is 4.99 Å². The second-order valence-electron chi connectivity index (χ2n) is 5.63. The predicted octanol–water partition coefficient (Wildman–Crippen LogP) is 4.41. The molecule has 0 unspecified atom stereocenters. The first kappa shape index (κ1) is 20.9. The van der Waals surface area contributed by atoms with E-state index in [1.807, 2.05) is 13.1 Å². The van der Waals surface area contributed by atoms with Crippen LogP contribution in [0.2, 0.25) is 0 Å². The first-order valence-electron chi connectivity index (χ1n) is 8.16. The van der Waals surface area contributed by atoms with Crippen LogP contribution in [-0.4, -0.2) is 17.5 Å². The van der Waals surface area contributed by atoms with Gasteiger partial charge in [0.1, 0.15) is 0 Å². The lowest BCUT2D eigenvalue weighted by Crippen LogP contribution is -2.37. The second kappa shape index (κ2) is 11.4. The smallest absolute Gasteiger partial charge is 0.191 e. The van der Waals surface area contributed by atoms with Gasteiger partial charge < -0.3 is 10.6 Å².